The van der Waals surface area contributed by atoms with Crippen molar-refractivity contribution in [2.24, 2.45) is 11.3 Å². The predicted octanol–water partition coefficient (Wildman–Crippen LogP) is 4.29. The molecule has 1 aliphatic rings. The van der Waals surface area contributed by atoms with Crippen LogP contribution in [0.2, 0.25) is 0 Å². The molecule has 1 saturated carbocycles. The van der Waals surface area contributed by atoms with Gasteiger partial charge in [0.25, 0.3) is 0 Å². The largest absolute Gasteiger partial charge is 0.353 e. The number of nitrogens with one attached hydrogen (secondary N) is 1. The summed E-state index contributed by atoms with van der Waals surface area (Å²) >= 11 is 0. The van der Waals surface area contributed by atoms with Gasteiger partial charge in [-0.3, -0.25) is 4.79 Å². The lowest BCUT2D eigenvalue weighted by molar-refractivity contribution is -0.131. The first-order valence-corrected chi connectivity index (χ1v) is 7.73. The van der Waals surface area contributed by atoms with Crippen LogP contribution in [0.25, 0.3) is 0 Å². The van der Waals surface area contributed by atoms with E-state index in [1.54, 1.807) is 0 Å². The maximum atomic E-state index is 12.4. The second-order valence-corrected chi connectivity index (χ2v) is 7.00. The van der Waals surface area contributed by atoms with Crippen LogP contribution >= 0.6 is 0 Å². The molecule has 18 heavy (non-hydrogen) atoms. The summed E-state index contributed by atoms with van der Waals surface area (Å²) in [4.78, 5) is 12.4. The van der Waals surface area contributed by atoms with Gasteiger partial charge in [-0.25, -0.2) is 0 Å². The van der Waals surface area contributed by atoms with Gasteiger partial charge in [-0.2, -0.15) is 0 Å². The van der Waals surface area contributed by atoms with Gasteiger partial charge in [0, 0.05) is 11.5 Å². The third-order valence-corrected chi connectivity index (χ3v) is 3.97. The van der Waals surface area contributed by atoms with Gasteiger partial charge >= 0.3 is 0 Å². The molecule has 0 aromatic carbocycles. The lowest BCUT2D eigenvalue weighted by Gasteiger charge is -2.29. The topological polar surface area (TPSA) is 29.1 Å². The van der Waals surface area contributed by atoms with Crippen LogP contribution in [0.3, 0.4) is 0 Å². The van der Waals surface area contributed by atoms with Gasteiger partial charge in [-0.15, -0.1) is 0 Å². The molecule has 0 aromatic heterocycles. The molecule has 0 aromatic rings. The Morgan fingerprint density at radius 1 is 1.11 bits per heavy atom. The molecular weight excluding hydrogens is 222 g/mol. The van der Waals surface area contributed by atoms with Gasteiger partial charge in [0.1, 0.15) is 0 Å². The highest BCUT2D eigenvalue weighted by atomic mass is 16.2. The first kappa shape index (κ1) is 15.5. The van der Waals surface area contributed by atoms with Crippen molar-refractivity contribution in [3.8, 4) is 0 Å². The van der Waals surface area contributed by atoms with Crippen LogP contribution in [0.4, 0.5) is 0 Å². The number of carbonyl (C=O) groups is 1. The Kier molecular flexibility index (Phi) is 6.17. The van der Waals surface area contributed by atoms with E-state index in [-0.39, 0.29) is 11.3 Å². The molecule has 106 valence electrons. The van der Waals surface area contributed by atoms with Crippen LogP contribution in [0.1, 0.15) is 79.1 Å². The zero-order chi connectivity index (χ0) is 13.6. The van der Waals surface area contributed by atoms with Crippen molar-refractivity contribution in [1.82, 2.24) is 5.32 Å². The summed E-state index contributed by atoms with van der Waals surface area (Å²) in [7, 11) is 0. The van der Waals surface area contributed by atoms with E-state index in [4.69, 9.17) is 0 Å². The number of hydrogen-bond donors (Lipinski definition) is 1. The van der Waals surface area contributed by atoms with Crippen LogP contribution in [-0.4, -0.2) is 11.9 Å². The summed E-state index contributed by atoms with van der Waals surface area (Å²) in [5, 5.41) is 3.29. The van der Waals surface area contributed by atoms with Crippen molar-refractivity contribution in [3.05, 3.63) is 0 Å². The van der Waals surface area contributed by atoms with E-state index in [0.29, 0.717) is 12.0 Å². The number of rotatable bonds is 4. The first-order valence-electron chi connectivity index (χ1n) is 7.73. The second-order valence-electron chi connectivity index (χ2n) is 7.00. The normalized spacial score (nSPS) is 19.4. The standard InChI is InChI=1S/C16H31NO/c1-13(2)12-16(3,4)15(18)17-14-10-8-6-5-7-9-11-14/h13-14H,5-12H2,1-4H3,(H,17,18). The highest BCUT2D eigenvalue weighted by Crippen LogP contribution is 2.26. The van der Waals surface area contributed by atoms with Gasteiger partial charge in [0.05, 0.1) is 0 Å². The summed E-state index contributed by atoms with van der Waals surface area (Å²) in [6.07, 6.45) is 9.90. The summed E-state index contributed by atoms with van der Waals surface area (Å²) in [6.45, 7) is 8.52. The van der Waals surface area contributed by atoms with Crippen LogP contribution in [0.15, 0.2) is 0 Å². The number of hydrogen-bond acceptors (Lipinski definition) is 1. The van der Waals surface area contributed by atoms with Gasteiger partial charge in [0.15, 0.2) is 0 Å². The second kappa shape index (κ2) is 7.16. The Bertz CT molecular complexity index is 250. The van der Waals surface area contributed by atoms with Crippen molar-refractivity contribution < 1.29 is 4.79 Å². The zero-order valence-corrected chi connectivity index (χ0v) is 12.7. The fraction of sp³-hybridized carbons (Fsp3) is 0.938. The minimum Gasteiger partial charge on any atom is -0.353 e. The number of carbonyl (C=O) groups excluding carboxylic acids is 1. The molecule has 1 fully saturated rings. The third-order valence-electron chi connectivity index (χ3n) is 3.97. The van der Waals surface area contributed by atoms with Crippen molar-refractivity contribution in [2.75, 3.05) is 0 Å². The maximum absolute atomic E-state index is 12.4. The summed E-state index contributed by atoms with van der Waals surface area (Å²) < 4.78 is 0. The minimum absolute atomic E-state index is 0.226. The average molecular weight is 253 g/mol. The molecule has 0 heterocycles. The molecule has 1 amide bonds. The summed E-state index contributed by atoms with van der Waals surface area (Å²) in [5.41, 5.74) is -0.226. The quantitative estimate of drug-likeness (QED) is 0.795. The highest BCUT2D eigenvalue weighted by Gasteiger charge is 2.29. The van der Waals surface area contributed by atoms with E-state index < -0.39 is 0 Å². The van der Waals surface area contributed by atoms with Crippen molar-refractivity contribution in [2.45, 2.75) is 85.1 Å². The lowest BCUT2D eigenvalue weighted by Crippen LogP contribution is -2.43. The highest BCUT2D eigenvalue weighted by molar-refractivity contribution is 5.82. The Morgan fingerprint density at radius 2 is 1.61 bits per heavy atom. The fourth-order valence-electron chi connectivity index (χ4n) is 3.09. The monoisotopic (exact) mass is 253 g/mol. The SMILES string of the molecule is CC(C)CC(C)(C)C(=O)NC1CCCCCCC1. The van der Waals surface area contributed by atoms with E-state index in [2.05, 4.69) is 33.0 Å². The van der Waals surface area contributed by atoms with E-state index >= 15 is 0 Å². The number of amides is 1. The van der Waals surface area contributed by atoms with Crippen LogP contribution in [0.5, 0.6) is 0 Å². The van der Waals surface area contributed by atoms with E-state index in [1.807, 2.05) is 0 Å². The van der Waals surface area contributed by atoms with Crippen LogP contribution in [-0.2, 0) is 4.79 Å². The molecule has 1 N–H and O–H groups in total. The van der Waals surface area contributed by atoms with Gasteiger partial charge in [0.2, 0.25) is 5.91 Å². The molecular formula is C16H31NO. The lowest BCUT2D eigenvalue weighted by atomic mass is 9.82. The van der Waals surface area contributed by atoms with Gasteiger partial charge in [-0.1, -0.05) is 59.8 Å². The van der Waals surface area contributed by atoms with E-state index in [1.165, 1.54) is 44.9 Å². The fourth-order valence-corrected chi connectivity index (χ4v) is 3.09. The molecule has 0 saturated heterocycles. The van der Waals surface area contributed by atoms with Gasteiger partial charge in [-0.05, 0) is 25.2 Å². The third kappa shape index (κ3) is 5.41. The van der Waals surface area contributed by atoms with E-state index in [9.17, 15) is 4.79 Å². The van der Waals surface area contributed by atoms with Gasteiger partial charge < -0.3 is 5.32 Å². The van der Waals surface area contributed by atoms with E-state index in [0.717, 1.165) is 6.42 Å². The Balaban J connectivity index is 2.46. The first-order chi connectivity index (χ1) is 8.42. The maximum Gasteiger partial charge on any atom is 0.225 e. The zero-order valence-electron chi connectivity index (χ0n) is 12.7. The summed E-state index contributed by atoms with van der Waals surface area (Å²) in [5.74, 6) is 0.824. The smallest absolute Gasteiger partial charge is 0.225 e. The predicted molar refractivity (Wildman–Crippen MR) is 77.5 cm³/mol. The molecule has 2 heteroatoms. The molecule has 0 aliphatic heterocycles. The Hall–Kier alpha value is -0.530. The molecule has 2 nitrogen and oxygen atoms in total. The average Bonchev–Trinajstić information content (AvgIpc) is 2.19. The molecule has 0 atom stereocenters. The molecule has 0 bridgehead atoms. The molecule has 0 unspecified atom stereocenters. The van der Waals surface area contributed by atoms with Crippen molar-refractivity contribution >= 4 is 5.91 Å². The Labute approximate surface area is 113 Å². The van der Waals surface area contributed by atoms with Crippen molar-refractivity contribution in [3.63, 3.8) is 0 Å². The molecule has 0 radical (unpaired) electrons. The minimum atomic E-state index is -0.226. The summed E-state index contributed by atoms with van der Waals surface area (Å²) in [6, 6.07) is 0.421. The molecule has 0 spiro atoms. The van der Waals surface area contributed by atoms with Crippen molar-refractivity contribution in [1.29, 1.82) is 0 Å². The van der Waals surface area contributed by atoms with Crippen LogP contribution < -0.4 is 5.32 Å². The molecule has 1 rings (SSSR count). The molecule has 1 aliphatic carbocycles. The Morgan fingerprint density at radius 3 is 2.11 bits per heavy atom. The van der Waals surface area contributed by atoms with Crippen LogP contribution in [0, 0.1) is 11.3 Å².